The molecule has 0 fully saturated rings. The number of ether oxygens (including phenoxy) is 1. The summed E-state index contributed by atoms with van der Waals surface area (Å²) in [7, 11) is 1.20. The second-order valence-corrected chi connectivity index (χ2v) is 4.32. The quantitative estimate of drug-likeness (QED) is 0.384. The third kappa shape index (κ3) is 5.37. The van der Waals surface area contributed by atoms with E-state index in [4.69, 9.17) is 5.11 Å². The number of methoxy groups -OCH3 is 1. The van der Waals surface area contributed by atoms with E-state index in [-0.39, 0.29) is 24.6 Å². The van der Waals surface area contributed by atoms with Gasteiger partial charge in [-0.3, -0.25) is 9.59 Å². The van der Waals surface area contributed by atoms with Gasteiger partial charge < -0.3 is 20.5 Å². The Morgan fingerprint density at radius 1 is 1.23 bits per heavy atom. The summed E-state index contributed by atoms with van der Waals surface area (Å²) < 4.78 is 4.49. The van der Waals surface area contributed by atoms with Crippen LogP contribution in [0.5, 0.6) is 0 Å². The van der Waals surface area contributed by atoms with E-state index in [0.717, 1.165) is 6.08 Å². The van der Waals surface area contributed by atoms with Crippen LogP contribution >= 0.6 is 0 Å². The van der Waals surface area contributed by atoms with E-state index in [1.54, 1.807) is 24.3 Å². The molecule has 7 heteroatoms. The Kier molecular flexibility index (Phi) is 6.78. The first-order valence-electron chi connectivity index (χ1n) is 6.54. The van der Waals surface area contributed by atoms with Gasteiger partial charge in [-0.1, -0.05) is 0 Å². The van der Waals surface area contributed by atoms with E-state index >= 15 is 0 Å². The molecule has 118 valence electrons. The minimum atomic E-state index is -0.693. The van der Waals surface area contributed by atoms with Gasteiger partial charge in [0.25, 0.3) is 5.91 Å². The molecule has 22 heavy (non-hydrogen) atoms. The Bertz CT molecular complexity index is 578. The van der Waals surface area contributed by atoms with Crippen LogP contribution in [0.15, 0.2) is 36.0 Å². The Morgan fingerprint density at radius 3 is 2.36 bits per heavy atom. The topological polar surface area (TPSA) is 105 Å². The number of rotatable bonds is 7. The molecule has 0 atom stereocenters. The van der Waals surface area contributed by atoms with Crippen LogP contribution in [-0.4, -0.2) is 43.0 Å². The Hall–Kier alpha value is -2.67. The summed E-state index contributed by atoms with van der Waals surface area (Å²) in [6.07, 6.45) is 1.01. The number of aliphatic hydroxyl groups is 1. The normalized spacial score (nSPS) is 10.8. The molecule has 1 aromatic rings. The molecule has 0 saturated heterocycles. The number of carbonyl (C=O) groups excluding carboxylic acids is 3. The molecule has 0 bridgehead atoms. The first-order valence-corrected chi connectivity index (χ1v) is 6.54. The maximum Gasteiger partial charge on any atom is 0.332 e. The summed E-state index contributed by atoms with van der Waals surface area (Å²) in [6, 6.07) is 6.43. The number of amides is 1. The summed E-state index contributed by atoms with van der Waals surface area (Å²) in [4.78, 5) is 34.4. The van der Waals surface area contributed by atoms with Crippen LogP contribution in [0.1, 0.15) is 17.3 Å². The van der Waals surface area contributed by atoms with E-state index in [1.807, 2.05) is 0 Å². The molecule has 0 aliphatic heterocycles. The number of hydrogen-bond acceptors (Lipinski definition) is 6. The molecule has 0 heterocycles. The molecule has 3 N–H and O–H groups in total. The van der Waals surface area contributed by atoms with Gasteiger partial charge in [-0.25, -0.2) is 4.79 Å². The molecule has 0 aromatic heterocycles. The minimum Gasteiger partial charge on any atom is -0.466 e. The number of carbonyl (C=O) groups is 3. The van der Waals surface area contributed by atoms with Crippen molar-refractivity contribution < 1.29 is 24.2 Å². The maximum atomic E-state index is 11.9. The zero-order chi connectivity index (χ0) is 16.5. The molecule has 7 nitrogen and oxygen atoms in total. The highest BCUT2D eigenvalue weighted by Crippen LogP contribution is 2.13. The summed E-state index contributed by atoms with van der Waals surface area (Å²) >= 11 is 0. The van der Waals surface area contributed by atoms with Gasteiger partial charge in [-0.15, -0.1) is 0 Å². The first kappa shape index (κ1) is 17.4. The predicted molar refractivity (Wildman–Crippen MR) is 80.3 cm³/mol. The number of Topliss-reactive ketones (excluding diaryl/α,β-unsaturated/α-hetero) is 1. The van der Waals surface area contributed by atoms with Gasteiger partial charge in [0.1, 0.15) is 5.70 Å². The van der Waals surface area contributed by atoms with Crippen molar-refractivity contribution >= 4 is 23.3 Å². The molecule has 0 aliphatic carbocycles. The molecule has 0 radical (unpaired) electrons. The average molecular weight is 306 g/mol. The second kappa shape index (κ2) is 8.58. The van der Waals surface area contributed by atoms with Crippen LogP contribution in [0.3, 0.4) is 0 Å². The minimum absolute atomic E-state index is 0.0316. The van der Waals surface area contributed by atoms with Crippen molar-refractivity contribution in [1.29, 1.82) is 0 Å². The van der Waals surface area contributed by atoms with Crippen LogP contribution < -0.4 is 10.6 Å². The lowest BCUT2D eigenvalue weighted by molar-refractivity contribution is -0.135. The highest BCUT2D eigenvalue weighted by Gasteiger charge is 2.12. The van der Waals surface area contributed by atoms with E-state index in [9.17, 15) is 14.4 Å². The standard InChI is InChI=1S/C15H18N2O5/c1-10(19)11-3-5-12(6-4-11)17-13(9-14(20)22-2)15(21)16-7-8-18/h3-6,9,17-18H,7-8H2,1-2H3,(H,16,21)/b13-9+. The molecular weight excluding hydrogens is 288 g/mol. The van der Waals surface area contributed by atoms with Gasteiger partial charge in [0.05, 0.1) is 19.8 Å². The Balaban J connectivity index is 2.92. The summed E-state index contributed by atoms with van der Waals surface area (Å²) in [5, 5.41) is 13.9. The van der Waals surface area contributed by atoms with Crippen molar-refractivity contribution in [1.82, 2.24) is 5.32 Å². The number of benzene rings is 1. The van der Waals surface area contributed by atoms with Crippen LogP contribution in [0.2, 0.25) is 0 Å². The van der Waals surface area contributed by atoms with Crippen molar-refractivity contribution in [3.8, 4) is 0 Å². The fourth-order valence-corrected chi connectivity index (χ4v) is 1.54. The fraction of sp³-hybridized carbons (Fsp3) is 0.267. The van der Waals surface area contributed by atoms with Crippen LogP contribution in [0, 0.1) is 0 Å². The van der Waals surface area contributed by atoms with E-state index in [1.165, 1.54) is 14.0 Å². The predicted octanol–water partition coefficient (Wildman–Crippen LogP) is 0.466. The van der Waals surface area contributed by atoms with Gasteiger partial charge in [-0.05, 0) is 31.2 Å². The SMILES string of the molecule is COC(=O)/C=C(/Nc1ccc(C(C)=O)cc1)C(=O)NCCO. The van der Waals surface area contributed by atoms with Crippen LogP contribution in [0.4, 0.5) is 5.69 Å². The first-order chi connectivity index (χ1) is 10.5. The lowest BCUT2D eigenvalue weighted by Gasteiger charge is -2.11. The zero-order valence-corrected chi connectivity index (χ0v) is 12.4. The smallest absolute Gasteiger partial charge is 0.332 e. The fourth-order valence-electron chi connectivity index (χ4n) is 1.54. The summed E-state index contributed by atoms with van der Waals surface area (Å²) in [5.41, 5.74) is 1.03. The molecule has 0 unspecified atom stereocenters. The molecule has 0 saturated carbocycles. The van der Waals surface area contributed by atoms with E-state index in [0.29, 0.717) is 11.3 Å². The number of ketones is 1. The Morgan fingerprint density at radius 2 is 1.86 bits per heavy atom. The lowest BCUT2D eigenvalue weighted by atomic mass is 10.1. The zero-order valence-electron chi connectivity index (χ0n) is 12.4. The number of esters is 1. The molecule has 1 amide bonds. The van der Waals surface area contributed by atoms with Crippen LogP contribution in [0.25, 0.3) is 0 Å². The molecular formula is C15H18N2O5. The van der Waals surface area contributed by atoms with Crippen molar-refractivity contribution in [2.45, 2.75) is 6.92 Å². The lowest BCUT2D eigenvalue weighted by Crippen LogP contribution is -2.31. The highest BCUT2D eigenvalue weighted by atomic mass is 16.5. The largest absolute Gasteiger partial charge is 0.466 e. The molecule has 0 spiro atoms. The molecule has 0 aliphatic rings. The monoisotopic (exact) mass is 306 g/mol. The summed E-state index contributed by atoms with van der Waals surface area (Å²) in [6.45, 7) is 1.29. The molecule has 1 rings (SSSR count). The number of aliphatic hydroxyl groups excluding tert-OH is 1. The van der Waals surface area contributed by atoms with Gasteiger partial charge in [0, 0.05) is 17.8 Å². The Labute approximate surface area is 128 Å². The second-order valence-electron chi connectivity index (χ2n) is 4.32. The average Bonchev–Trinajstić information content (AvgIpc) is 2.52. The van der Waals surface area contributed by atoms with Gasteiger partial charge in [0.2, 0.25) is 0 Å². The highest BCUT2D eigenvalue weighted by molar-refractivity contribution is 6.02. The third-order valence-corrected chi connectivity index (χ3v) is 2.68. The van der Waals surface area contributed by atoms with Crippen molar-refractivity contribution in [2.75, 3.05) is 25.6 Å². The number of anilines is 1. The van der Waals surface area contributed by atoms with Crippen LogP contribution in [-0.2, 0) is 14.3 Å². The maximum absolute atomic E-state index is 11.9. The summed E-state index contributed by atoms with van der Waals surface area (Å²) in [5.74, 6) is -1.32. The van der Waals surface area contributed by atoms with Gasteiger partial charge in [0.15, 0.2) is 5.78 Å². The van der Waals surface area contributed by atoms with Crippen molar-refractivity contribution in [3.05, 3.63) is 41.6 Å². The van der Waals surface area contributed by atoms with Gasteiger partial charge in [-0.2, -0.15) is 0 Å². The molecule has 1 aromatic carbocycles. The van der Waals surface area contributed by atoms with E-state index in [2.05, 4.69) is 15.4 Å². The van der Waals surface area contributed by atoms with E-state index < -0.39 is 11.9 Å². The van der Waals surface area contributed by atoms with Gasteiger partial charge >= 0.3 is 5.97 Å². The third-order valence-electron chi connectivity index (χ3n) is 2.68. The van der Waals surface area contributed by atoms with Crippen molar-refractivity contribution in [2.24, 2.45) is 0 Å². The number of nitrogens with one attached hydrogen (secondary N) is 2. The number of hydrogen-bond donors (Lipinski definition) is 3. The van der Waals surface area contributed by atoms with Crippen molar-refractivity contribution in [3.63, 3.8) is 0 Å².